The summed E-state index contributed by atoms with van der Waals surface area (Å²) >= 11 is 5.66. The van der Waals surface area contributed by atoms with Crippen molar-refractivity contribution < 1.29 is 9.18 Å². The molecule has 2 heterocycles. The van der Waals surface area contributed by atoms with Crippen LogP contribution in [0.25, 0.3) is 0 Å². The number of anilines is 1. The molecule has 0 radical (unpaired) electrons. The van der Waals surface area contributed by atoms with Gasteiger partial charge in [0.25, 0.3) is 5.91 Å². The van der Waals surface area contributed by atoms with Crippen LogP contribution in [0.3, 0.4) is 0 Å². The Bertz CT molecular complexity index is 545. The van der Waals surface area contributed by atoms with E-state index in [1.807, 2.05) is 0 Å². The Morgan fingerprint density at radius 1 is 1.29 bits per heavy atom. The lowest BCUT2D eigenvalue weighted by Crippen LogP contribution is -2.13. The molecule has 6 heteroatoms. The van der Waals surface area contributed by atoms with Gasteiger partial charge in [-0.05, 0) is 24.3 Å². The van der Waals surface area contributed by atoms with Crippen LogP contribution in [0.15, 0.2) is 36.7 Å². The second-order valence-electron chi connectivity index (χ2n) is 3.18. The van der Waals surface area contributed by atoms with Gasteiger partial charge in [-0.25, -0.2) is 14.4 Å². The zero-order valence-electron chi connectivity index (χ0n) is 8.52. The minimum atomic E-state index is -0.463. The SMILES string of the molecule is O=C(Nc1ccc(F)cn1)c1ccnc(Cl)c1. The van der Waals surface area contributed by atoms with Crippen molar-refractivity contribution in [1.29, 1.82) is 0 Å². The van der Waals surface area contributed by atoms with Crippen molar-refractivity contribution in [1.82, 2.24) is 9.97 Å². The maximum Gasteiger partial charge on any atom is 0.256 e. The number of rotatable bonds is 2. The van der Waals surface area contributed by atoms with Gasteiger partial charge >= 0.3 is 0 Å². The number of aromatic nitrogens is 2. The molecule has 1 N–H and O–H groups in total. The van der Waals surface area contributed by atoms with Crippen LogP contribution >= 0.6 is 11.6 Å². The molecule has 0 spiro atoms. The zero-order valence-corrected chi connectivity index (χ0v) is 9.28. The van der Waals surface area contributed by atoms with Crippen molar-refractivity contribution in [3.63, 3.8) is 0 Å². The number of pyridine rings is 2. The third kappa shape index (κ3) is 2.98. The van der Waals surface area contributed by atoms with Gasteiger partial charge in [0, 0.05) is 11.8 Å². The van der Waals surface area contributed by atoms with Crippen molar-refractivity contribution in [2.75, 3.05) is 5.32 Å². The van der Waals surface area contributed by atoms with Crippen molar-refractivity contribution in [2.24, 2.45) is 0 Å². The Hall–Kier alpha value is -2.01. The third-order valence-corrected chi connectivity index (χ3v) is 2.16. The summed E-state index contributed by atoms with van der Waals surface area (Å²) < 4.78 is 12.6. The van der Waals surface area contributed by atoms with Crippen molar-refractivity contribution in [2.45, 2.75) is 0 Å². The first-order valence-electron chi connectivity index (χ1n) is 4.69. The third-order valence-electron chi connectivity index (χ3n) is 1.96. The molecule has 17 heavy (non-hydrogen) atoms. The average molecular weight is 252 g/mol. The van der Waals surface area contributed by atoms with E-state index in [1.54, 1.807) is 0 Å². The van der Waals surface area contributed by atoms with Crippen LogP contribution in [-0.4, -0.2) is 15.9 Å². The summed E-state index contributed by atoms with van der Waals surface area (Å²) in [5.74, 6) is -0.576. The van der Waals surface area contributed by atoms with E-state index in [0.29, 0.717) is 5.56 Å². The summed E-state index contributed by atoms with van der Waals surface area (Å²) in [5.41, 5.74) is 0.358. The van der Waals surface area contributed by atoms with Gasteiger partial charge in [0.15, 0.2) is 0 Å². The van der Waals surface area contributed by atoms with E-state index < -0.39 is 5.82 Å². The highest BCUT2D eigenvalue weighted by Crippen LogP contribution is 2.10. The maximum absolute atomic E-state index is 12.6. The topological polar surface area (TPSA) is 54.9 Å². The van der Waals surface area contributed by atoms with E-state index in [-0.39, 0.29) is 16.9 Å². The van der Waals surface area contributed by atoms with Crippen LogP contribution in [0.4, 0.5) is 10.2 Å². The fourth-order valence-corrected chi connectivity index (χ4v) is 1.36. The van der Waals surface area contributed by atoms with Crippen molar-refractivity contribution in [3.05, 3.63) is 53.2 Å². The first kappa shape index (κ1) is 11.5. The van der Waals surface area contributed by atoms with Crippen LogP contribution in [0.2, 0.25) is 5.15 Å². The highest BCUT2D eigenvalue weighted by molar-refractivity contribution is 6.29. The fraction of sp³-hybridized carbons (Fsp3) is 0. The fourth-order valence-electron chi connectivity index (χ4n) is 1.18. The first-order chi connectivity index (χ1) is 8.15. The summed E-state index contributed by atoms with van der Waals surface area (Å²) in [4.78, 5) is 19.2. The molecule has 0 saturated carbocycles. The second kappa shape index (κ2) is 4.88. The van der Waals surface area contributed by atoms with Crippen LogP contribution in [0.1, 0.15) is 10.4 Å². The molecule has 0 saturated heterocycles. The molecule has 2 aromatic heterocycles. The lowest BCUT2D eigenvalue weighted by molar-refractivity contribution is 0.102. The molecule has 0 unspecified atom stereocenters. The molecule has 0 atom stereocenters. The quantitative estimate of drug-likeness (QED) is 0.835. The number of halogens is 2. The van der Waals surface area contributed by atoms with Gasteiger partial charge in [0.1, 0.15) is 16.8 Å². The molecule has 0 aromatic carbocycles. The minimum absolute atomic E-state index is 0.227. The first-order valence-corrected chi connectivity index (χ1v) is 5.07. The van der Waals surface area contributed by atoms with Crippen LogP contribution < -0.4 is 5.32 Å². The largest absolute Gasteiger partial charge is 0.307 e. The summed E-state index contributed by atoms with van der Waals surface area (Å²) in [6.07, 6.45) is 2.45. The predicted octanol–water partition coefficient (Wildman–Crippen LogP) is 2.52. The molecule has 2 aromatic rings. The monoisotopic (exact) mass is 251 g/mol. The standard InChI is InChI=1S/C11H7ClFN3O/c12-9-5-7(3-4-14-9)11(17)16-10-2-1-8(13)6-15-10/h1-6H,(H,15,16,17). The molecule has 0 fully saturated rings. The van der Waals surface area contributed by atoms with Gasteiger partial charge in [-0.2, -0.15) is 0 Å². The zero-order chi connectivity index (χ0) is 12.3. The molecule has 1 amide bonds. The van der Waals surface area contributed by atoms with Gasteiger partial charge in [-0.1, -0.05) is 11.6 Å². The Labute approximate surface area is 101 Å². The van der Waals surface area contributed by atoms with E-state index in [1.165, 1.54) is 30.5 Å². The number of hydrogen-bond donors (Lipinski definition) is 1. The second-order valence-corrected chi connectivity index (χ2v) is 3.57. The van der Waals surface area contributed by atoms with Gasteiger partial charge in [0.2, 0.25) is 0 Å². The van der Waals surface area contributed by atoms with E-state index in [2.05, 4.69) is 15.3 Å². The Kier molecular flexibility index (Phi) is 3.30. The van der Waals surface area contributed by atoms with E-state index in [9.17, 15) is 9.18 Å². The maximum atomic E-state index is 12.6. The number of carbonyl (C=O) groups excluding carboxylic acids is 1. The molecule has 2 rings (SSSR count). The lowest BCUT2D eigenvalue weighted by atomic mass is 10.2. The van der Waals surface area contributed by atoms with Crippen molar-refractivity contribution >= 4 is 23.3 Å². The molecule has 0 aliphatic carbocycles. The summed E-state index contributed by atoms with van der Waals surface area (Å²) in [5, 5.41) is 2.74. The molecule has 0 bridgehead atoms. The predicted molar refractivity (Wildman–Crippen MR) is 61.4 cm³/mol. The van der Waals surface area contributed by atoms with E-state index in [4.69, 9.17) is 11.6 Å². The lowest BCUT2D eigenvalue weighted by Gasteiger charge is -2.03. The highest BCUT2D eigenvalue weighted by Gasteiger charge is 2.07. The highest BCUT2D eigenvalue weighted by atomic mass is 35.5. The Balaban J connectivity index is 2.14. The Morgan fingerprint density at radius 2 is 2.12 bits per heavy atom. The number of hydrogen-bond acceptors (Lipinski definition) is 3. The number of carbonyl (C=O) groups is 1. The summed E-state index contributed by atoms with van der Waals surface area (Å²) in [7, 11) is 0. The smallest absolute Gasteiger partial charge is 0.256 e. The number of amides is 1. The molecular weight excluding hydrogens is 245 g/mol. The molecule has 4 nitrogen and oxygen atoms in total. The number of nitrogens with zero attached hydrogens (tertiary/aromatic N) is 2. The van der Waals surface area contributed by atoms with Gasteiger partial charge in [-0.15, -0.1) is 0 Å². The van der Waals surface area contributed by atoms with Gasteiger partial charge < -0.3 is 5.32 Å². The van der Waals surface area contributed by atoms with Gasteiger partial charge in [0.05, 0.1) is 6.20 Å². The van der Waals surface area contributed by atoms with Crippen LogP contribution in [0, 0.1) is 5.82 Å². The van der Waals surface area contributed by atoms with Crippen LogP contribution in [0.5, 0.6) is 0 Å². The molecule has 86 valence electrons. The number of nitrogens with one attached hydrogen (secondary N) is 1. The average Bonchev–Trinajstić information content (AvgIpc) is 2.32. The Morgan fingerprint density at radius 3 is 2.76 bits per heavy atom. The molecule has 0 aliphatic heterocycles. The molecule has 0 aliphatic rings. The normalized spacial score (nSPS) is 10.0. The summed E-state index contributed by atoms with van der Waals surface area (Å²) in [6, 6.07) is 5.53. The molecular formula is C11H7ClFN3O. The minimum Gasteiger partial charge on any atom is -0.307 e. The van der Waals surface area contributed by atoms with Crippen molar-refractivity contribution in [3.8, 4) is 0 Å². The van der Waals surface area contributed by atoms with Gasteiger partial charge in [-0.3, -0.25) is 4.79 Å². The van der Waals surface area contributed by atoms with E-state index >= 15 is 0 Å². The van der Waals surface area contributed by atoms with E-state index in [0.717, 1.165) is 6.20 Å². The van der Waals surface area contributed by atoms with Crippen LogP contribution in [-0.2, 0) is 0 Å². The summed E-state index contributed by atoms with van der Waals surface area (Å²) in [6.45, 7) is 0.